The summed E-state index contributed by atoms with van der Waals surface area (Å²) in [6.45, 7) is 0.449. The van der Waals surface area contributed by atoms with Gasteiger partial charge in [0, 0.05) is 25.6 Å². The van der Waals surface area contributed by atoms with E-state index in [2.05, 4.69) is 31.5 Å². The van der Waals surface area contributed by atoms with Crippen LogP contribution in [-0.2, 0) is 6.54 Å². The zero-order valence-corrected chi connectivity index (χ0v) is 19.8. The predicted octanol–water partition coefficient (Wildman–Crippen LogP) is 7.95. The van der Waals surface area contributed by atoms with Gasteiger partial charge in [0.25, 0.3) is 0 Å². The second kappa shape index (κ2) is 9.36. The first kappa shape index (κ1) is 21.8. The minimum absolute atomic E-state index is 0.00101. The van der Waals surface area contributed by atoms with Crippen molar-refractivity contribution in [3.8, 4) is 5.88 Å². The van der Waals surface area contributed by atoms with E-state index in [1.54, 1.807) is 28.8 Å². The topological polar surface area (TPSA) is 61.9 Å². The van der Waals surface area contributed by atoms with E-state index in [1.165, 1.54) is 0 Å². The Labute approximate surface area is 202 Å². The minimum atomic E-state index is 0.00101. The van der Waals surface area contributed by atoms with Crippen LogP contribution in [0.4, 0.5) is 11.4 Å². The van der Waals surface area contributed by atoms with Crippen LogP contribution in [0.5, 0.6) is 5.88 Å². The maximum atomic E-state index is 10.9. The van der Waals surface area contributed by atoms with E-state index in [0.29, 0.717) is 22.3 Å². The molecule has 156 valence electrons. The molecule has 31 heavy (non-hydrogen) atoms. The summed E-state index contributed by atoms with van der Waals surface area (Å²) in [5, 5.41) is 24.4. The number of rotatable bonds is 4. The summed E-state index contributed by atoms with van der Waals surface area (Å²) >= 11 is 20.6. The van der Waals surface area contributed by atoms with Crippen LogP contribution >= 0.6 is 51.3 Å². The molecule has 5 nitrogen and oxygen atoms in total. The van der Waals surface area contributed by atoms with Crippen molar-refractivity contribution in [2.24, 2.45) is 10.2 Å². The molecule has 0 amide bonds. The van der Waals surface area contributed by atoms with Crippen LogP contribution < -0.4 is 5.32 Å². The standard InChI is InChI=1S/C22H15BrCl2N4OS/c23-14-3-10-19-18(11-14)20(21(30)29(19)12-13-1-4-15(24)5-2-13)27-28-22(31)26-17-8-6-16(25)7-9-17/h1-11,30H,12H2,(H,26,31). The van der Waals surface area contributed by atoms with Gasteiger partial charge in [0.1, 0.15) is 0 Å². The van der Waals surface area contributed by atoms with Crippen molar-refractivity contribution in [2.75, 3.05) is 5.32 Å². The Morgan fingerprint density at radius 1 is 1.00 bits per heavy atom. The molecule has 0 saturated heterocycles. The van der Waals surface area contributed by atoms with Crippen molar-refractivity contribution in [1.29, 1.82) is 0 Å². The third-order valence-corrected chi connectivity index (χ3v) is 5.74. The monoisotopic (exact) mass is 532 g/mol. The van der Waals surface area contributed by atoms with Crippen molar-refractivity contribution < 1.29 is 5.11 Å². The van der Waals surface area contributed by atoms with Gasteiger partial charge in [-0.1, -0.05) is 51.3 Å². The largest absolute Gasteiger partial charge is 0.493 e. The molecule has 2 N–H and O–H groups in total. The molecule has 0 aliphatic carbocycles. The SMILES string of the molecule is Oc1c(N=NC(=S)Nc2ccc(Cl)cc2)c2cc(Br)ccc2n1Cc1ccc(Cl)cc1. The lowest BCUT2D eigenvalue weighted by atomic mass is 10.2. The summed E-state index contributed by atoms with van der Waals surface area (Å²) in [6.07, 6.45) is 0. The van der Waals surface area contributed by atoms with Crippen LogP contribution in [0.15, 0.2) is 81.4 Å². The van der Waals surface area contributed by atoms with E-state index in [-0.39, 0.29) is 11.0 Å². The smallest absolute Gasteiger partial charge is 0.221 e. The molecule has 0 unspecified atom stereocenters. The lowest BCUT2D eigenvalue weighted by Gasteiger charge is -2.07. The summed E-state index contributed by atoms with van der Waals surface area (Å²) in [6, 6.07) is 20.2. The molecule has 0 spiro atoms. The number of halogens is 3. The number of azo groups is 1. The van der Waals surface area contributed by atoms with Gasteiger partial charge in [-0.25, -0.2) is 0 Å². The quantitative estimate of drug-likeness (QED) is 0.206. The van der Waals surface area contributed by atoms with Crippen LogP contribution in [-0.4, -0.2) is 14.8 Å². The minimum Gasteiger partial charge on any atom is -0.493 e. The van der Waals surface area contributed by atoms with Crippen LogP contribution in [0.2, 0.25) is 10.0 Å². The van der Waals surface area contributed by atoms with Gasteiger partial charge in [0.2, 0.25) is 11.0 Å². The maximum Gasteiger partial charge on any atom is 0.221 e. The fourth-order valence-corrected chi connectivity index (χ4v) is 3.88. The lowest BCUT2D eigenvalue weighted by Crippen LogP contribution is -2.04. The molecule has 0 saturated carbocycles. The highest BCUT2D eigenvalue weighted by Gasteiger charge is 2.17. The van der Waals surface area contributed by atoms with E-state index in [0.717, 1.165) is 26.6 Å². The first-order chi connectivity index (χ1) is 14.9. The molecule has 3 aromatic carbocycles. The van der Waals surface area contributed by atoms with Gasteiger partial charge in [0.05, 0.1) is 12.1 Å². The van der Waals surface area contributed by atoms with Gasteiger partial charge in [-0.2, -0.15) is 0 Å². The number of hydrogen-bond donors (Lipinski definition) is 2. The molecule has 9 heteroatoms. The molecule has 4 rings (SSSR count). The number of benzene rings is 3. The fraction of sp³-hybridized carbons (Fsp3) is 0.0455. The third-order valence-electron chi connectivity index (χ3n) is 4.56. The summed E-state index contributed by atoms with van der Waals surface area (Å²) in [7, 11) is 0. The van der Waals surface area contributed by atoms with E-state index in [9.17, 15) is 5.11 Å². The van der Waals surface area contributed by atoms with Gasteiger partial charge in [-0.15, -0.1) is 10.2 Å². The third kappa shape index (κ3) is 5.07. The van der Waals surface area contributed by atoms with Crippen LogP contribution in [0.25, 0.3) is 10.9 Å². The molecule has 0 aliphatic heterocycles. The molecule has 0 radical (unpaired) electrons. The van der Waals surface area contributed by atoms with Crippen molar-refractivity contribution in [1.82, 2.24) is 4.57 Å². The summed E-state index contributed by atoms with van der Waals surface area (Å²) < 4.78 is 2.64. The van der Waals surface area contributed by atoms with Crippen molar-refractivity contribution in [3.63, 3.8) is 0 Å². The van der Waals surface area contributed by atoms with E-state index in [4.69, 9.17) is 35.4 Å². The molecule has 1 heterocycles. The highest BCUT2D eigenvalue weighted by Crippen LogP contribution is 2.40. The first-order valence-electron chi connectivity index (χ1n) is 9.14. The number of nitrogens with one attached hydrogen (secondary N) is 1. The number of hydrogen-bond acceptors (Lipinski definition) is 3. The maximum absolute atomic E-state index is 10.9. The van der Waals surface area contributed by atoms with Gasteiger partial charge >= 0.3 is 0 Å². The molecule has 0 fully saturated rings. The predicted molar refractivity (Wildman–Crippen MR) is 134 cm³/mol. The molecule has 0 bridgehead atoms. The van der Waals surface area contributed by atoms with Crippen LogP contribution in [0.3, 0.4) is 0 Å². The average Bonchev–Trinajstić information content (AvgIpc) is 3.00. The van der Waals surface area contributed by atoms with Crippen molar-refractivity contribution in [3.05, 3.63) is 86.8 Å². The van der Waals surface area contributed by atoms with E-state index >= 15 is 0 Å². The van der Waals surface area contributed by atoms with Crippen molar-refractivity contribution >= 4 is 78.7 Å². The summed E-state index contributed by atoms with van der Waals surface area (Å²) in [5.74, 6) is 0.00101. The normalized spacial score (nSPS) is 11.3. The number of thiocarbonyl (C=S) groups is 1. The Balaban J connectivity index is 1.66. The van der Waals surface area contributed by atoms with E-state index in [1.807, 2.05) is 42.5 Å². The lowest BCUT2D eigenvalue weighted by molar-refractivity contribution is 0.429. The van der Waals surface area contributed by atoms with Crippen molar-refractivity contribution in [2.45, 2.75) is 6.54 Å². The van der Waals surface area contributed by atoms with Gasteiger partial charge in [-0.05, 0) is 72.4 Å². The Bertz CT molecular complexity index is 1290. The Hall–Kier alpha value is -2.45. The van der Waals surface area contributed by atoms with Crippen LogP contribution in [0.1, 0.15) is 5.56 Å². The first-order valence-corrected chi connectivity index (χ1v) is 11.1. The Morgan fingerprint density at radius 2 is 1.65 bits per heavy atom. The second-order valence-corrected chi connectivity index (χ2v) is 8.86. The Kier molecular flexibility index (Phi) is 6.57. The molecule has 0 aliphatic rings. The molecular formula is C22H15BrCl2N4OS. The molecular weight excluding hydrogens is 519 g/mol. The molecule has 0 atom stereocenters. The molecule has 4 aromatic rings. The Morgan fingerprint density at radius 3 is 2.32 bits per heavy atom. The zero-order chi connectivity index (χ0) is 22.0. The highest BCUT2D eigenvalue weighted by atomic mass is 79.9. The number of aromatic nitrogens is 1. The van der Waals surface area contributed by atoms with Gasteiger partial charge in [0.15, 0.2) is 5.69 Å². The van der Waals surface area contributed by atoms with E-state index < -0.39 is 0 Å². The van der Waals surface area contributed by atoms with Gasteiger partial charge in [-0.3, -0.25) is 0 Å². The highest BCUT2D eigenvalue weighted by molar-refractivity contribution is 9.10. The zero-order valence-electron chi connectivity index (χ0n) is 15.9. The van der Waals surface area contributed by atoms with Gasteiger partial charge < -0.3 is 15.0 Å². The fourth-order valence-electron chi connectivity index (χ4n) is 3.10. The second-order valence-electron chi connectivity index (χ2n) is 6.68. The number of aromatic hydroxyl groups is 1. The average molecular weight is 534 g/mol. The van der Waals surface area contributed by atoms with Crippen LogP contribution in [0, 0.1) is 0 Å². The summed E-state index contributed by atoms with van der Waals surface area (Å²) in [4.78, 5) is 0. The number of fused-ring (bicyclic) bond motifs is 1. The number of anilines is 1. The summed E-state index contributed by atoms with van der Waals surface area (Å²) in [5.41, 5.74) is 2.89. The molecule has 1 aromatic heterocycles. The number of nitrogens with zero attached hydrogens (tertiary/aromatic N) is 3.